The number of nitrogens with one attached hydrogen (secondary N) is 1. The number of amides is 1. The second-order valence-electron chi connectivity index (χ2n) is 5.72. The van der Waals surface area contributed by atoms with Crippen LogP contribution < -0.4 is 10.1 Å². The van der Waals surface area contributed by atoms with Gasteiger partial charge in [0.1, 0.15) is 23.1 Å². The molecule has 134 valence electrons. The minimum Gasteiger partial charge on any atom is -0.497 e. The fourth-order valence-corrected chi connectivity index (χ4v) is 2.53. The molecule has 0 radical (unpaired) electrons. The van der Waals surface area contributed by atoms with Crippen molar-refractivity contribution < 1.29 is 19.2 Å². The Hall–Kier alpha value is -3.19. The molecule has 7 nitrogen and oxygen atoms in total. The lowest BCUT2D eigenvalue weighted by Crippen LogP contribution is -2.24. The van der Waals surface area contributed by atoms with E-state index >= 15 is 0 Å². The predicted molar refractivity (Wildman–Crippen MR) is 94.5 cm³/mol. The van der Waals surface area contributed by atoms with E-state index in [0.717, 1.165) is 5.56 Å². The number of methoxy groups -OCH3 is 1. The monoisotopic (exact) mass is 353 g/mol. The number of aromatic nitrogens is 2. The Morgan fingerprint density at radius 1 is 1.31 bits per heavy atom. The molecule has 3 aromatic rings. The average molecular weight is 353 g/mol. The first kappa shape index (κ1) is 17.6. The van der Waals surface area contributed by atoms with E-state index in [-0.39, 0.29) is 17.2 Å². The van der Waals surface area contributed by atoms with E-state index in [1.54, 1.807) is 49.8 Å². The molecule has 1 aromatic carbocycles. The highest BCUT2D eigenvalue weighted by atomic mass is 16.5. The second kappa shape index (κ2) is 7.79. The zero-order valence-electron chi connectivity index (χ0n) is 14.5. The van der Waals surface area contributed by atoms with Crippen molar-refractivity contribution in [3.05, 3.63) is 65.7 Å². The van der Waals surface area contributed by atoms with Crippen molar-refractivity contribution in [3.63, 3.8) is 0 Å². The number of aliphatic hydroxyl groups excluding tert-OH is 1. The van der Waals surface area contributed by atoms with Gasteiger partial charge in [-0.2, -0.15) is 0 Å². The van der Waals surface area contributed by atoms with Crippen LogP contribution in [0.15, 0.2) is 53.3 Å². The summed E-state index contributed by atoms with van der Waals surface area (Å²) in [6, 6.07) is 10.7. The molecule has 2 heterocycles. The highest BCUT2D eigenvalue weighted by Gasteiger charge is 2.26. The maximum atomic E-state index is 12.8. The molecule has 0 bridgehead atoms. The standard InChI is InChI=1S/C19H19N3O4/c1-12(23)18-16(19(24)21-11-13-4-3-9-20-10-13)17(22-26-18)14-5-7-15(25-2)8-6-14/h3-10,12,23H,11H2,1-2H3,(H,21,24). The van der Waals surface area contributed by atoms with Gasteiger partial charge in [-0.1, -0.05) is 11.2 Å². The fraction of sp³-hybridized carbons (Fsp3) is 0.211. The summed E-state index contributed by atoms with van der Waals surface area (Å²) in [4.78, 5) is 16.8. The number of benzene rings is 1. The maximum Gasteiger partial charge on any atom is 0.257 e. The number of carbonyl (C=O) groups is 1. The molecule has 1 unspecified atom stereocenters. The smallest absolute Gasteiger partial charge is 0.257 e. The fourth-order valence-electron chi connectivity index (χ4n) is 2.53. The lowest BCUT2D eigenvalue weighted by Gasteiger charge is -2.08. The van der Waals surface area contributed by atoms with E-state index in [1.807, 2.05) is 6.07 Å². The second-order valence-corrected chi connectivity index (χ2v) is 5.72. The van der Waals surface area contributed by atoms with Crippen LogP contribution in [0.3, 0.4) is 0 Å². The molecule has 0 spiro atoms. The summed E-state index contributed by atoms with van der Waals surface area (Å²) < 4.78 is 10.4. The van der Waals surface area contributed by atoms with E-state index in [9.17, 15) is 9.90 Å². The number of pyridine rings is 1. The van der Waals surface area contributed by atoms with Gasteiger partial charge in [-0.25, -0.2) is 0 Å². The molecule has 0 aliphatic rings. The molecule has 0 aliphatic heterocycles. The Balaban J connectivity index is 1.90. The van der Waals surface area contributed by atoms with Crippen LogP contribution in [0.5, 0.6) is 5.75 Å². The van der Waals surface area contributed by atoms with Crippen molar-refractivity contribution in [2.75, 3.05) is 7.11 Å². The van der Waals surface area contributed by atoms with Gasteiger partial charge < -0.3 is 19.7 Å². The molecule has 2 aromatic heterocycles. The first-order valence-electron chi connectivity index (χ1n) is 8.09. The molecular formula is C19H19N3O4. The number of hydrogen-bond acceptors (Lipinski definition) is 6. The van der Waals surface area contributed by atoms with E-state index in [2.05, 4.69) is 15.5 Å². The van der Waals surface area contributed by atoms with Crippen LogP contribution in [-0.2, 0) is 6.54 Å². The number of nitrogens with zero attached hydrogens (tertiary/aromatic N) is 2. The molecule has 0 aliphatic carbocycles. The zero-order chi connectivity index (χ0) is 18.5. The summed E-state index contributed by atoms with van der Waals surface area (Å²) >= 11 is 0. The van der Waals surface area contributed by atoms with Crippen molar-refractivity contribution in [2.24, 2.45) is 0 Å². The van der Waals surface area contributed by atoms with Crippen LogP contribution in [-0.4, -0.2) is 28.3 Å². The Morgan fingerprint density at radius 3 is 2.69 bits per heavy atom. The van der Waals surface area contributed by atoms with Gasteiger partial charge >= 0.3 is 0 Å². The Kier molecular flexibility index (Phi) is 5.28. The first-order valence-corrected chi connectivity index (χ1v) is 8.09. The average Bonchev–Trinajstić information content (AvgIpc) is 3.12. The normalized spacial score (nSPS) is 11.8. The number of ether oxygens (including phenoxy) is 1. The SMILES string of the molecule is COc1ccc(-c2noc(C(C)O)c2C(=O)NCc2cccnc2)cc1. The minimum absolute atomic E-state index is 0.125. The molecule has 2 N–H and O–H groups in total. The molecule has 0 fully saturated rings. The molecule has 7 heteroatoms. The zero-order valence-corrected chi connectivity index (χ0v) is 14.5. The minimum atomic E-state index is -0.964. The third kappa shape index (κ3) is 3.73. The van der Waals surface area contributed by atoms with Gasteiger partial charge in [0, 0.05) is 24.5 Å². The highest BCUT2D eigenvalue weighted by Crippen LogP contribution is 2.30. The first-order chi connectivity index (χ1) is 12.6. The molecular weight excluding hydrogens is 334 g/mol. The number of hydrogen-bond donors (Lipinski definition) is 2. The van der Waals surface area contributed by atoms with E-state index < -0.39 is 6.10 Å². The molecule has 3 rings (SSSR count). The van der Waals surface area contributed by atoms with Gasteiger partial charge in [0.25, 0.3) is 5.91 Å². The summed E-state index contributed by atoms with van der Waals surface area (Å²) in [7, 11) is 1.58. The van der Waals surface area contributed by atoms with Crippen LogP contribution in [0, 0.1) is 0 Å². The lowest BCUT2D eigenvalue weighted by atomic mass is 10.0. The molecule has 0 saturated heterocycles. The number of rotatable bonds is 6. The Labute approximate surface area is 150 Å². The lowest BCUT2D eigenvalue weighted by molar-refractivity contribution is 0.0938. The van der Waals surface area contributed by atoms with Gasteiger partial charge in [-0.05, 0) is 42.8 Å². The topological polar surface area (TPSA) is 97.5 Å². The summed E-state index contributed by atoms with van der Waals surface area (Å²) in [5.74, 6) is 0.437. The summed E-state index contributed by atoms with van der Waals surface area (Å²) in [5.41, 5.74) is 2.14. The number of carbonyl (C=O) groups excluding carboxylic acids is 1. The van der Waals surface area contributed by atoms with E-state index in [4.69, 9.17) is 9.26 Å². The van der Waals surface area contributed by atoms with Gasteiger partial charge in [0.05, 0.1) is 7.11 Å². The van der Waals surface area contributed by atoms with Gasteiger partial charge in [-0.15, -0.1) is 0 Å². The van der Waals surface area contributed by atoms with Crippen LogP contribution >= 0.6 is 0 Å². The van der Waals surface area contributed by atoms with Crippen molar-refractivity contribution in [1.29, 1.82) is 0 Å². The maximum absolute atomic E-state index is 12.8. The van der Waals surface area contributed by atoms with Gasteiger partial charge in [-0.3, -0.25) is 9.78 Å². The van der Waals surface area contributed by atoms with Crippen LogP contribution in [0.1, 0.15) is 34.7 Å². The summed E-state index contributed by atoms with van der Waals surface area (Å²) in [6.45, 7) is 1.83. The summed E-state index contributed by atoms with van der Waals surface area (Å²) in [6.07, 6.45) is 2.38. The van der Waals surface area contributed by atoms with E-state index in [1.165, 1.54) is 6.92 Å². The molecule has 0 saturated carbocycles. The molecule has 26 heavy (non-hydrogen) atoms. The Morgan fingerprint density at radius 2 is 2.08 bits per heavy atom. The molecule has 1 atom stereocenters. The third-order valence-corrected chi connectivity index (χ3v) is 3.86. The van der Waals surface area contributed by atoms with Gasteiger partial charge in [0.15, 0.2) is 5.76 Å². The highest BCUT2D eigenvalue weighted by molar-refractivity contribution is 6.00. The summed E-state index contributed by atoms with van der Waals surface area (Å²) in [5, 5.41) is 16.7. The van der Waals surface area contributed by atoms with Crippen molar-refractivity contribution in [1.82, 2.24) is 15.5 Å². The van der Waals surface area contributed by atoms with Crippen LogP contribution in [0.4, 0.5) is 0 Å². The quantitative estimate of drug-likeness (QED) is 0.707. The predicted octanol–water partition coefficient (Wildman–Crippen LogP) is 2.73. The van der Waals surface area contributed by atoms with Gasteiger partial charge in [0.2, 0.25) is 0 Å². The Bertz CT molecular complexity index is 874. The third-order valence-electron chi connectivity index (χ3n) is 3.86. The van der Waals surface area contributed by atoms with Crippen molar-refractivity contribution in [2.45, 2.75) is 19.6 Å². The van der Waals surface area contributed by atoms with E-state index in [0.29, 0.717) is 23.6 Å². The van der Waals surface area contributed by atoms with Crippen molar-refractivity contribution >= 4 is 5.91 Å². The number of aliphatic hydroxyl groups is 1. The van der Waals surface area contributed by atoms with Crippen molar-refractivity contribution in [3.8, 4) is 17.0 Å². The van der Waals surface area contributed by atoms with Crippen LogP contribution in [0.25, 0.3) is 11.3 Å². The van der Waals surface area contributed by atoms with Crippen LogP contribution in [0.2, 0.25) is 0 Å². The largest absolute Gasteiger partial charge is 0.497 e. The molecule has 1 amide bonds.